The lowest BCUT2D eigenvalue weighted by Gasteiger charge is -2.04. The van der Waals surface area contributed by atoms with Crippen LogP contribution in [-0.4, -0.2) is 30.1 Å². The highest BCUT2D eigenvalue weighted by atomic mass is 19.1. The fraction of sp³-hybridized carbons (Fsp3) is 0. The van der Waals surface area contributed by atoms with Crippen molar-refractivity contribution in [2.75, 3.05) is 0 Å². The first-order chi connectivity index (χ1) is 15.7. The van der Waals surface area contributed by atoms with Crippen LogP contribution in [0.5, 0.6) is 0 Å². The van der Waals surface area contributed by atoms with E-state index in [1.54, 1.807) is 48.9 Å². The molecule has 0 unspecified atom stereocenters. The van der Waals surface area contributed by atoms with E-state index in [1.807, 2.05) is 6.07 Å². The zero-order chi connectivity index (χ0) is 21.7. The Morgan fingerprint density at radius 2 is 1.75 bits per heavy atom. The molecular formula is C24H14F2N6. The van der Waals surface area contributed by atoms with Gasteiger partial charge in [-0.15, -0.1) is 0 Å². The van der Waals surface area contributed by atoms with Gasteiger partial charge in [0.15, 0.2) is 11.5 Å². The molecule has 4 heterocycles. The van der Waals surface area contributed by atoms with Gasteiger partial charge in [0.05, 0.1) is 11.0 Å². The molecule has 154 valence electrons. The van der Waals surface area contributed by atoms with Crippen molar-refractivity contribution >= 4 is 22.1 Å². The number of nitrogens with zero attached hydrogens (tertiary/aromatic N) is 4. The molecule has 2 N–H and O–H groups in total. The zero-order valence-corrected chi connectivity index (χ0v) is 16.5. The van der Waals surface area contributed by atoms with E-state index in [0.717, 1.165) is 5.56 Å². The van der Waals surface area contributed by atoms with Crippen molar-refractivity contribution in [2.45, 2.75) is 0 Å². The van der Waals surface area contributed by atoms with Gasteiger partial charge in [-0.05, 0) is 35.9 Å². The minimum Gasteiger partial charge on any atom is -0.335 e. The second-order valence-corrected chi connectivity index (χ2v) is 7.34. The Balaban J connectivity index is 1.53. The third-order valence-corrected chi connectivity index (χ3v) is 5.38. The number of halogens is 2. The predicted molar refractivity (Wildman–Crippen MR) is 118 cm³/mol. The third kappa shape index (κ3) is 2.92. The molecule has 0 aliphatic rings. The van der Waals surface area contributed by atoms with E-state index in [4.69, 9.17) is 0 Å². The van der Waals surface area contributed by atoms with Crippen molar-refractivity contribution in [2.24, 2.45) is 0 Å². The molecule has 8 heteroatoms. The number of hydrogen-bond acceptors (Lipinski definition) is 4. The average Bonchev–Trinajstić information content (AvgIpc) is 3.42. The Hall–Kier alpha value is -4.46. The van der Waals surface area contributed by atoms with Crippen LogP contribution in [0.3, 0.4) is 0 Å². The average molecular weight is 424 g/mol. The molecule has 0 spiro atoms. The van der Waals surface area contributed by atoms with Gasteiger partial charge in [0.2, 0.25) is 0 Å². The van der Waals surface area contributed by atoms with Crippen molar-refractivity contribution in [3.8, 4) is 33.8 Å². The quantitative estimate of drug-likeness (QED) is 0.393. The Labute approximate surface area is 180 Å². The van der Waals surface area contributed by atoms with Gasteiger partial charge in [0.1, 0.15) is 17.3 Å². The third-order valence-electron chi connectivity index (χ3n) is 5.38. The number of hydrogen-bond donors (Lipinski definition) is 2. The largest absolute Gasteiger partial charge is 0.335 e. The summed E-state index contributed by atoms with van der Waals surface area (Å²) in [6.07, 6.45) is 4.88. The van der Waals surface area contributed by atoms with Crippen LogP contribution in [0.4, 0.5) is 8.78 Å². The summed E-state index contributed by atoms with van der Waals surface area (Å²) in [5, 5.41) is 7.94. The molecule has 0 amide bonds. The number of imidazole rings is 1. The van der Waals surface area contributed by atoms with Crippen LogP contribution in [0.1, 0.15) is 0 Å². The number of aromatic amines is 2. The van der Waals surface area contributed by atoms with E-state index in [2.05, 4.69) is 30.1 Å². The number of fused-ring (bicyclic) bond motifs is 2. The van der Waals surface area contributed by atoms with Gasteiger partial charge < -0.3 is 4.98 Å². The van der Waals surface area contributed by atoms with Gasteiger partial charge in [0, 0.05) is 46.7 Å². The molecule has 32 heavy (non-hydrogen) atoms. The summed E-state index contributed by atoms with van der Waals surface area (Å²) in [6.45, 7) is 0. The first kappa shape index (κ1) is 18.3. The van der Waals surface area contributed by atoms with E-state index >= 15 is 0 Å². The maximum absolute atomic E-state index is 14.7. The standard InChI is InChI=1S/C24H14F2N6/c25-15-5-1-3-13(9-15)16-6-8-28-23-21(16)29-24(30-23)22-18-10-17(14-4-2-7-27-12-14)19(26)11-20(18)31-32-22/h1-12H,(H,31,32)(H,28,29,30). The SMILES string of the molecule is Fc1cccc(-c2ccnc3nc(-c4n[nH]c5cc(F)c(-c6cccnc6)cc45)[nH]c23)c1. The maximum atomic E-state index is 14.7. The minimum absolute atomic E-state index is 0.324. The van der Waals surface area contributed by atoms with Crippen molar-refractivity contribution < 1.29 is 8.78 Å². The van der Waals surface area contributed by atoms with E-state index in [-0.39, 0.29) is 11.6 Å². The molecule has 6 rings (SSSR count). The van der Waals surface area contributed by atoms with Gasteiger partial charge >= 0.3 is 0 Å². The van der Waals surface area contributed by atoms with Gasteiger partial charge in [0.25, 0.3) is 0 Å². The fourth-order valence-corrected chi connectivity index (χ4v) is 3.88. The lowest BCUT2D eigenvalue weighted by molar-refractivity contribution is 0.628. The first-order valence-electron chi connectivity index (χ1n) is 9.86. The van der Waals surface area contributed by atoms with Crippen LogP contribution in [0.25, 0.3) is 55.8 Å². The normalized spacial score (nSPS) is 11.4. The van der Waals surface area contributed by atoms with Crippen LogP contribution >= 0.6 is 0 Å². The van der Waals surface area contributed by atoms with E-state index in [9.17, 15) is 8.78 Å². The summed E-state index contributed by atoms with van der Waals surface area (Å²) in [4.78, 5) is 16.3. The molecule has 0 saturated heterocycles. The molecule has 6 aromatic rings. The molecular weight excluding hydrogens is 410 g/mol. The van der Waals surface area contributed by atoms with E-state index in [0.29, 0.717) is 50.3 Å². The van der Waals surface area contributed by atoms with Crippen LogP contribution in [0.2, 0.25) is 0 Å². The highest BCUT2D eigenvalue weighted by molar-refractivity contribution is 5.97. The molecule has 0 fully saturated rings. The van der Waals surface area contributed by atoms with Crippen LogP contribution in [0.15, 0.2) is 73.2 Å². The Kier molecular flexibility index (Phi) is 4.04. The lowest BCUT2D eigenvalue weighted by atomic mass is 10.0. The number of pyridine rings is 2. The molecule has 4 aromatic heterocycles. The van der Waals surface area contributed by atoms with Gasteiger partial charge in [-0.1, -0.05) is 18.2 Å². The van der Waals surface area contributed by atoms with Crippen molar-refractivity contribution in [1.82, 2.24) is 30.1 Å². The van der Waals surface area contributed by atoms with Crippen molar-refractivity contribution in [3.05, 3.63) is 84.8 Å². The van der Waals surface area contributed by atoms with Gasteiger partial charge in [-0.25, -0.2) is 18.7 Å². The second kappa shape index (κ2) is 7.05. The molecule has 6 nitrogen and oxygen atoms in total. The fourth-order valence-electron chi connectivity index (χ4n) is 3.88. The number of benzene rings is 2. The van der Waals surface area contributed by atoms with E-state index < -0.39 is 0 Å². The number of nitrogens with one attached hydrogen (secondary N) is 2. The molecule has 0 saturated carbocycles. The Morgan fingerprint density at radius 1 is 0.844 bits per heavy atom. The number of aromatic nitrogens is 6. The first-order valence-corrected chi connectivity index (χ1v) is 9.86. The molecule has 0 aliphatic heterocycles. The monoisotopic (exact) mass is 424 g/mol. The molecule has 0 atom stereocenters. The van der Waals surface area contributed by atoms with Crippen molar-refractivity contribution in [1.29, 1.82) is 0 Å². The predicted octanol–water partition coefficient (Wildman–Crippen LogP) is 5.51. The van der Waals surface area contributed by atoms with Gasteiger partial charge in [-0.2, -0.15) is 5.10 Å². The summed E-state index contributed by atoms with van der Waals surface area (Å²) in [6, 6.07) is 14.8. The molecule has 2 aromatic carbocycles. The second-order valence-electron chi connectivity index (χ2n) is 7.34. The van der Waals surface area contributed by atoms with Gasteiger partial charge in [-0.3, -0.25) is 10.1 Å². The summed E-state index contributed by atoms with van der Waals surface area (Å²) in [5.74, 6) is -0.220. The Morgan fingerprint density at radius 3 is 2.59 bits per heavy atom. The van der Waals surface area contributed by atoms with E-state index in [1.165, 1.54) is 18.2 Å². The summed E-state index contributed by atoms with van der Waals surface area (Å²) in [7, 11) is 0. The van der Waals surface area contributed by atoms with Crippen LogP contribution in [0, 0.1) is 11.6 Å². The summed E-state index contributed by atoms with van der Waals surface area (Å²) in [5.41, 5.74) is 4.79. The number of H-pyrrole nitrogens is 2. The zero-order valence-electron chi connectivity index (χ0n) is 16.5. The number of rotatable bonds is 3. The van der Waals surface area contributed by atoms with Crippen LogP contribution in [-0.2, 0) is 0 Å². The minimum atomic E-state index is -0.375. The van der Waals surface area contributed by atoms with Crippen LogP contribution < -0.4 is 0 Å². The maximum Gasteiger partial charge on any atom is 0.178 e. The lowest BCUT2D eigenvalue weighted by Crippen LogP contribution is -1.87. The molecule has 0 bridgehead atoms. The van der Waals surface area contributed by atoms with Crippen molar-refractivity contribution in [3.63, 3.8) is 0 Å². The summed E-state index contributed by atoms with van der Waals surface area (Å²) >= 11 is 0. The highest BCUT2D eigenvalue weighted by Gasteiger charge is 2.18. The topological polar surface area (TPSA) is 83.1 Å². The summed E-state index contributed by atoms with van der Waals surface area (Å²) < 4.78 is 28.5. The highest BCUT2D eigenvalue weighted by Crippen LogP contribution is 2.33. The smallest absolute Gasteiger partial charge is 0.178 e. The molecule has 0 aliphatic carbocycles. The Bertz CT molecular complexity index is 1600. The molecule has 0 radical (unpaired) electrons.